The summed E-state index contributed by atoms with van der Waals surface area (Å²) in [4.78, 5) is 4.84. The number of benzene rings is 5. The molecule has 5 aromatic carbocycles. The van der Waals surface area contributed by atoms with Crippen LogP contribution in [-0.4, -0.2) is 6.71 Å². The molecule has 2 aliphatic heterocycles. The summed E-state index contributed by atoms with van der Waals surface area (Å²) in [5.74, 6) is 0. The predicted octanol–water partition coefficient (Wildman–Crippen LogP) is 11.0. The lowest BCUT2D eigenvalue weighted by Gasteiger charge is -2.45. The summed E-state index contributed by atoms with van der Waals surface area (Å²) >= 11 is 0. The summed E-state index contributed by atoms with van der Waals surface area (Å²) in [5.41, 5.74) is 16.0. The summed E-state index contributed by atoms with van der Waals surface area (Å²) in [5, 5.41) is 0. The fraction of sp³-hybridized carbons (Fsp3) is 0.348. The van der Waals surface area contributed by atoms with Crippen molar-refractivity contribution >= 4 is 57.2 Å². The van der Waals surface area contributed by atoms with Crippen molar-refractivity contribution in [3.05, 3.63) is 125 Å². The zero-order valence-electron chi connectivity index (χ0n) is 32.7. The van der Waals surface area contributed by atoms with Crippen molar-refractivity contribution in [1.29, 1.82) is 0 Å². The average Bonchev–Trinajstić information content (AvgIpc) is 3.02. The van der Waals surface area contributed by atoms with Crippen LogP contribution in [0.15, 0.2) is 103 Å². The molecule has 0 aliphatic carbocycles. The Morgan fingerprint density at radius 2 is 0.735 bits per heavy atom. The molecule has 0 saturated carbocycles. The third-order valence-corrected chi connectivity index (χ3v) is 10.6. The molecule has 49 heavy (non-hydrogen) atoms. The Morgan fingerprint density at radius 1 is 0.408 bits per heavy atom. The second kappa shape index (κ2) is 11.1. The fourth-order valence-corrected chi connectivity index (χ4v) is 7.58. The van der Waals surface area contributed by atoms with Crippen LogP contribution >= 0.6 is 0 Å². The first-order valence-electron chi connectivity index (χ1n) is 18.5. The van der Waals surface area contributed by atoms with E-state index in [0.29, 0.717) is 6.04 Å². The van der Waals surface area contributed by atoms with E-state index in [9.17, 15) is 1.37 Å². The molecule has 0 radical (unpaired) electrons. The van der Waals surface area contributed by atoms with E-state index in [1.165, 1.54) is 50.0 Å². The van der Waals surface area contributed by atoms with E-state index in [0.717, 1.165) is 22.7 Å². The van der Waals surface area contributed by atoms with Gasteiger partial charge >= 0.3 is 0 Å². The molecule has 0 bridgehead atoms. The van der Waals surface area contributed by atoms with Gasteiger partial charge in [0.1, 0.15) is 0 Å². The zero-order valence-corrected chi connectivity index (χ0v) is 31.7. The van der Waals surface area contributed by atoms with Crippen molar-refractivity contribution < 1.29 is 1.37 Å². The van der Waals surface area contributed by atoms with Gasteiger partial charge in [0.2, 0.25) is 0 Å². The molecule has 7 rings (SSSR count). The Kier molecular flexibility index (Phi) is 7.27. The molecule has 2 nitrogen and oxygen atoms in total. The summed E-state index contributed by atoms with van der Waals surface area (Å²) in [6, 6.07) is 37.1. The summed E-state index contributed by atoms with van der Waals surface area (Å²) in [6.45, 7) is 27.5. The van der Waals surface area contributed by atoms with Gasteiger partial charge in [-0.1, -0.05) is 138 Å². The van der Waals surface area contributed by atoms with Crippen molar-refractivity contribution in [2.75, 3.05) is 9.80 Å². The van der Waals surface area contributed by atoms with Gasteiger partial charge in [-0.3, -0.25) is 0 Å². The van der Waals surface area contributed by atoms with Gasteiger partial charge in [0, 0.05) is 34.1 Å². The minimum absolute atomic E-state index is 0.00600. The van der Waals surface area contributed by atoms with Crippen LogP contribution in [0.5, 0.6) is 0 Å². The maximum atomic E-state index is 9.25. The third-order valence-electron chi connectivity index (χ3n) is 10.6. The van der Waals surface area contributed by atoms with Gasteiger partial charge in [0.25, 0.3) is 6.71 Å². The first-order valence-corrected chi connectivity index (χ1v) is 18.0. The van der Waals surface area contributed by atoms with Gasteiger partial charge in [-0.25, -0.2) is 0 Å². The molecule has 0 fully saturated rings. The van der Waals surface area contributed by atoms with Crippen molar-refractivity contribution in [2.45, 2.75) is 105 Å². The minimum Gasteiger partial charge on any atom is -0.311 e. The Balaban J connectivity index is 1.57. The van der Waals surface area contributed by atoms with Crippen LogP contribution in [0.3, 0.4) is 0 Å². The lowest BCUT2D eigenvalue weighted by molar-refractivity contribution is 0.590. The molecule has 2 aliphatic rings. The number of fused-ring (bicyclic) bond motifs is 4. The molecule has 2 heterocycles. The summed E-state index contributed by atoms with van der Waals surface area (Å²) in [7, 11) is 0. The van der Waals surface area contributed by atoms with Crippen LogP contribution in [0.2, 0.25) is 0 Å². The second-order valence-electron chi connectivity index (χ2n) is 18.4. The standard InChI is InChI=1S/C46H53BN2/c1-43(2,3)30-16-22-34(23-17-30)48-38-26-20-32(45(7,8)9)28-36(38)47-37-29-33(46(10,11)12)21-27-39(37)49(41-15-13-14-40(48)42(41)47)35-24-18-31(19-25-35)44(4,5)6/h13-29H,1-12H3/i13D. The van der Waals surface area contributed by atoms with E-state index in [1.807, 2.05) is 0 Å². The molecule has 0 spiro atoms. The minimum atomic E-state index is -0.00600. The molecule has 0 N–H and O–H groups in total. The second-order valence-corrected chi connectivity index (χ2v) is 18.4. The van der Waals surface area contributed by atoms with Gasteiger partial charge < -0.3 is 9.80 Å². The highest BCUT2D eigenvalue weighted by atomic mass is 15.2. The van der Waals surface area contributed by atoms with Crippen LogP contribution in [0.25, 0.3) is 0 Å². The normalized spacial score (nSPS) is 14.7. The molecular weight excluding hydrogens is 591 g/mol. The van der Waals surface area contributed by atoms with Crippen LogP contribution in [0, 0.1) is 0 Å². The lowest BCUT2D eigenvalue weighted by Crippen LogP contribution is -2.61. The van der Waals surface area contributed by atoms with Gasteiger partial charge in [0.15, 0.2) is 0 Å². The van der Waals surface area contributed by atoms with Gasteiger partial charge in [0.05, 0.1) is 1.37 Å². The van der Waals surface area contributed by atoms with Gasteiger partial charge in [-0.05, 0) is 109 Å². The maximum Gasteiger partial charge on any atom is 0.252 e. The van der Waals surface area contributed by atoms with E-state index >= 15 is 0 Å². The Hall–Kier alpha value is -4.24. The number of anilines is 6. The molecule has 3 heteroatoms. The number of hydrogen-bond acceptors (Lipinski definition) is 2. The third kappa shape index (κ3) is 5.70. The Morgan fingerprint density at radius 3 is 1.06 bits per heavy atom. The van der Waals surface area contributed by atoms with E-state index < -0.39 is 0 Å². The van der Waals surface area contributed by atoms with Crippen LogP contribution < -0.4 is 26.2 Å². The number of rotatable bonds is 2. The zero-order chi connectivity index (χ0) is 36.1. The fourth-order valence-electron chi connectivity index (χ4n) is 7.58. The lowest BCUT2D eigenvalue weighted by atomic mass is 9.33. The van der Waals surface area contributed by atoms with E-state index in [4.69, 9.17) is 0 Å². The Bertz CT molecular complexity index is 1950. The molecule has 250 valence electrons. The summed E-state index contributed by atoms with van der Waals surface area (Å²) < 4.78 is 9.25. The van der Waals surface area contributed by atoms with Crippen LogP contribution in [0.4, 0.5) is 34.1 Å². The first kappa shape index (κ1) is 32.0. The van der Waals surface area contributed by atoms with Crippen molar-refractivity contribution in [2.24, 2.45) is 0 Å². The highest BCUT2D eigenvalue weighted by Gasteiger charge is 2.44. The molecule has 0 atom stereocenters. The summed E-state index contributed by atoms with van der Waals surface area (Å²) in [6.07, 6.45) is 0. The quantitative estimate of drug-likeness (QED) is 0.173. The first-order chi connectivity index (χ1) is 23.2. The number of hydrogen-bond donors (Lipinski definition) is 0. The van der Waals surface area contributed by atoms with E-state index in [2.05, 4.69) is 190 Å². The van der Waals surface area contributed by atoms with E-state index in [1.54, 1.807) is 0 Å². The molecule has 0 amide bonds. The van der Waals surface area contributed by atoms with Crippen molar-refractivity contribution in [1.82, 2.24) is 0 Å². The van der Waals surface area contributed by atoms with Crippen LogP contribution in [-0.2, 0) is 21.7 Å². The molecule has 0 saturated heterocycles. The predicted molar refractivity (Wildman–Crippen MR) is 215 cm³/mol. The topological polar surface area (TPSA) is 6.48 Å². The van der Waals surface area contributed by atoms with Crippen molar-refractivity contribution in [3.63, 3.8) is 0 Å². The smallest absolute Gasteiger partial charge is 0.252 e. The SMILES string of the molecule is [2H]c1cc2c3c(c1)N(c1ccc(C(C)(C)C)cc1)c1ccc(C(C)(C)C)cc1B3c1cc(C(C)(C)C)ccc1N2c1ccc(C(C)(C)C)cc1. The molecule has 5 aromatic rings. The number of nitrogens with zero attached hydrogens (tertiary/aromatic N) is 2. The molecule has 0 unspecified atom stereocenters. The highest BCUT2D eigenvalue weighted by Crippen LogP contribution is 2.45. The highest BCUT2D eigenvalue weighted by molar-refractivity contribution is 7.00. The monoisotopic (exact) mass is 645 g/mol. The average molecular weight is 646 g/mol. The Labute approximate surface area is 297 Å². The largest absolute Gasteiger partial charge is 0.311 e. The van der Waals surface area contributed by atoms with E-state index in [-0.39, 0.29) is 28.4 Å². The van der Waals surface area contributed by atoms with Gasteiger partial charge in [-0.15, -0.1) is 0 Å². The molecular formula is C46H53BN2. The molecule has 0 aromatic heterocycles. The van der Waals surface area contributed by atoms with Gasteiger partial charge in [-0.2, -0.15) is 0 Å². The van der Waals surface area contributed by atoms with Crippen LogP contribution in [0.1, 0.15) is 107 Å². The van der Waals surface area contributed by atoms with Crippen molar-refractivity contribution in [3.8, 4) is 0 Å². The maximum absolute atomic E-state index is 9.25.